The lowest BCUT2D eigenvalue weighted by atomic mass is 10.2. The molecule has 0 spiro atoms. The molecule has 0 bridgehead atoms. The summed E-state index contributed by atoms with van der Waals surface area (Å²) >= 11 is 0. The van der Waals surface area contributed by atoms with E-state index >= 15 is 0 Å². The molecule has 0 atom stereocenters. The molecule has 0 aliphatic heterocycles. The van der Waals surface area contributed by atoms with Gasteiger partial charge in [-0.25, -0.2) is 12.7 Å². The van der Waals surface area contributed by atoms with Crippen molar-refractivity contribution in [3.05, 3.63) is 35.4 Å². The molecule has 0 aromatic rings. The highest BCUT2D eigenvalue weighted by Gasteiger charge is 2.14. The maximum Gasteiger partial charge on any atom is 0.293 e. The Morgan fingerprint density at radius 2 is 1.62 bits per heavy atom. The van der Waals surface area contributed by atoms with Crippen LogP contribution in [0.15, 0.2) is 35.4 Å². The molecule has 21 heavy (non-hydrogen) atoms. The normalized spacial score (nSPS) is 13.3. The molecule has 9 heteroatoms. The molecule has 0 unspecified atom stereocenters. The van der Waals surface area contributed by atoms with E-state index < -0.39 is 25.0 Å². The van der Waals surface area contributed by atoms with Crippen LogP contribution < -0.4 is 0 Å². The molecule has 0 aromatic heterocycles. The van der Waals surface area contributed by atoms with Gasteiger partial charge >= 0.3 is 0 Å². The third-order valence-corrected chi connectivity index (χ3v) is 5.04. The topological polar surface area (TPSA) is 95.0 Å². The Morgan fingerprint density at radius 3 is 2.00 bits per heavy atom. The molecule has 7 nitrogen and oxygen atoms in total. The summed E-state index contributed by atoms with van der Waals surface area (Å²) in [5.74, 6) is 0. The number of sulfonamides is 1. The predicted octanol–water partition coefficient (Wildman–Crippen LogP) is 0.671. The van der Waals surface area contributed by atoms with Gasteiger partial charge in [-0.1, -0.05) is 13.2 Å². The summed E-state index contributed by atoms with van der Waals surface area (Å²) in [6, 6.07) is 0. The Bertz CT molecular complexity index is 647. The second-order valence-corrected chi connectivity index (χ2v) is 8.29. The molecule has 0 aliphatic rings. The third kappa shape index (κ3) is 6.89. The fourth-order valence-electron chi connectivity index (χ4n) is 1.29. The van der Waals surface area contributed by atoms with Crippen molar-refractivity contribution in [2.75, 3.05) is 33.4 Å². The van der Waals surface area contributed by atoms with E-state index in [9.17, 15) is 16.8 Å². The van der Waals surface area contributed by atoms with Crippen molar-refractivity contribution in [3.8, 4) is 0 Å². The first-order valence-electron chi connectivity index (χ1n) is 5.93. The lowest BCUT2D eigenvalue weighted by Crippen LogP contribution is -2.33. The van der Waals surface area contributed by atoms with Gasteiger partial charge in [0.2, 0.25) is 10.0 Å². The lowest BCUT2D eigenvalue weighted by Gasteiger charge is -2.24. The zero-order chi connectivity index (χ0) is 17.0. The minimum Gasteiger partial charge on any atom is -0.374 e. The lowest BCUT2D eigenvalue weighted by molar-refractivity contribution is 0.371. The van der Waals surface area contributed by atoms with Crippen LogP contribution in [0.25, 0.3) is 0 Å². The van der Waals surface area contributed by atoms with E-state index in [0.717, 1.165) is 6.26 Å². The van der Waals surface area contributed by atoms with Gasteiger partial charge < -0.3 is 4.90 Å². The van der Waals surface area contributed by atoms with Crippen LogP contribution in [-0.2, 0) is 20.1 Å². The Morgan fingerprint density at radius 1 is 1.14 bits per heavy atom. The molecule has 0 radical (unpaired) electrons. The van der Waals surface area contributed by atoms with Crippen LogP contribution in [-0.4, -0.2) is 64.0 Å². The molecular weight excluding hydrogens is 316 g/mol. The molecule has 0 aromatic carbocycles. The van der Waals surface area contributed by atoms with Gasteiger partial charge in [-0.2, -0.15) is 8.42 Å². The van der Waals surface area contributed by atoms with Crippen LogP contribution in [0, 0.1) is 0 Å². The van der Waals surface area contributed by atoms with E-state index in [1.807, 2.05) is 0 Å². The maximum atomic E-state index is 11.3. The molecule has 0 saturated heterocycles. The second-order valence-electron chi connectivity index (χ2n) is 4.72. The van der Waals surface area contributed by atoms with Crippen molar-refractivity contribution in [1.29, 1.82) is 0 Å². The number of nitrogens with zero attached hydrogens (tertiary/aromatic N) is 2. The highest BCUT2D eigenvalue weighted by molar-refractivity contribution is 7.90. The SMILES string of the molecule is C=C(/C(C)=C\C(=C)S(=O)(=O)O)N(C)CCN(C)S(C)(=O)=O. The maximum absolute atomic E-state index is 11.3. The molecule has 0 amide bonds. The monoisotopic (exact) mass is 338 g/mol. The molecule has 122 valence electrons. The van der Waals surface area contributed by atoms with E-state index in [1.54, 1.807) is 18.9 Å². The van der Waals surface area contributed by atoms with Crippen molar-refractivity contribution in [1.82, 2.24) is 9.21 Å². The number of allylic oxidation sites excluding steroid dienone is 2. The Balaban J connectivity index is 4.80. The second kappa shape index (κ2) is 7.21. The fraction of sp³-hybridized carbons (Fsp3) is 0.500. The Hall–Kier alpha value is -1.16. The number of likely N-dealkylation sites (N-methyl/N-ethyl adjacent to an activating group) is 2. The minimum absolute atomic E-state index is 0.265. The van der Waals surface area contributed by atoms with Crippen molar-refractivity contribution in [2.45, 2.75) is 6.92 Å². The van der Waals surface area contributed by atoms with Crippen molar-refractivity contribution in [3.63, 3.8) is 0 Å². The number of hydrogen-bond donors (Lipinski definition) is 1. The molecule has 0 saturated carbocycles. The molecule has 0 heterocycles. The van der Waals surface area contributed by atoms with Gasteiger partial charge in [0.15, 0.2) is 0 Å². The van der Waals surface area contributed by atoms with Crippen LogP contribution in [0.3, 0.4) is 0 Å². The van der Waals surface area contributed by atoms with Crippen LogP contribution in [0.1, 0.15) is 6.92 Å². The van der Waals surface area contributed by atoms with Gasteiger partial charge in [-0.15, -0.1) is 0 Å². The average molecular weight is 338 g/mol. The summed E-state index contributed by atoms with van der Waals surface area (Å²) in [6.45, 7) is 9.32. The van der Waals surface area contributed by atoms with Gasteiger partial charge in [0, 0.05) is 32.9 Å². The molecule has 0 aliphatic carbocycles. The number of hydrogen-bond acceptors (Lipinski definition) is 5. The van der Waals surface area contributed by atoms with E-state index in [2.05, 4.69) is 13.2 Å². The van der Waals surface area contributed by atoms with Gasteiger partial charge in [0.1, 0.15) is 0 Å². The van der Waals surface area contributed by atoms with E-state index in [1.165, 1.54) is 17.4 Å². The molecular formula is C12H22N2O5S2. The summed E-state index contributed by atoms with van der Waals surface area (Å²) in [7, 11) is -4.40. The first-order valence-corrected chi connectivity index (χ1v) is 9.22. The van der Waals surface area contributed by atoms with Gasteiger partial charge in [-0.05, 0) is 18.6 Å². The fourth-order valence-corrected chi connectivity index (χ4v) is 2.03. The molecule has 0 rings (SSSR count). The Labute approximate surface area is 127 Å². The zero-order valence-electron chi connectivity index (χ0n) is 12.7. The van der Waals surface area contributed by atoms with Crippen molar-refractivity contribution in [2.24, 2.45) is 0 Å². The first kappa shape index (κ1) is 19.8. The smallest absolute Gasteiger partial charge is 0.293 e. The van der Waals surface area contributed by atoms with Gasteiger partial charge in [-0.3, -0.25) is 4.55 Å². The molecule has 0 fully saturated rings. The van der Waals surface area contributed by atoms with Crippen LogP contribution in [0.2, 0.25) is 0 Å². The minimum atomic E-state index is -4.32. The first-order chi connectivity index (χ1) is 9.26. The summed E-state index contributed by atoms with van der Waals surface area (Å²) < 4.78 is 54.3. The third-order valence-electron chi connectivity index (χ3n) is 2.94. The largest absolute Gasteiger partial charge is 0.374 e. The quantitative estimate of drug-likeness (QED) is 0.516. The number of rotatable bonds is 8. The Kier molecular flexibility index (Phi) is 6.81. The molecule has 1 N–H and O–H groups in total. The van der Waals surface area contributed by atoms with Crippen LogP contribution >= 0.6 is 0 Å². The zero-order valence-corrected chi connectivity index (χ0v) is 14.3. The van der Waals surface area contributed by atoms with E-state index in [-0.39, 0.29) is 6.54 Å². The van der Waals surface area contributed by atoms with E-state index in [4.69, 9.17) is 4.55 Å². The van der Waals surface area contributed by atoms with Crippen molar-refractivity contribution >= 4 is 20.1 Å². The highest BCUT2D eigenvalue weighted by atomic mass is 32.2. The van der Waals surface area contributed by atoms with Crippen LogP contribution in [0.5, 0.6) is 0 Å². The highest BCUT2D eigenvalue weighted by Crippen LogP contribution is 2.15. The van der Waals surface area contributed by atoms with Crippen LogP contribution in [0.4, 0.5) is 0 Å². The van der Waals surface area contributed by atoms with E-state index in [0.29, 0.717) is 17.8 Å². The summed E-state index contributed by atoms with van der Waals surface area (Å²) in [4.78, 5) is 1.26. The summed E-state index contributed by atoms with van der Waals surface area (Å²) in [5.41, 5.74) is 1.00. The predicted molar refractivity (Wildman–Crippen MR) is 83.7 cm³/mol. The van der Waals surface area contributed by atoms with Crippen molar-refractivity contribution < 1.29 is 21.4 Å². The standard InChI is InChI=1S/C12H22N2O5S2/c1-10(9-11(2)21(17,18)19)12(3)13(4)7-8-14(5)20(6,15)16/h9H,2-3,7-8H2,1,4-6H3,(H,17,18,19)/b10-9-. The summed E-state index contributed by atoms with van der Waals surface area (Å²) in [5, 5.41) is 0. The average Bonchev–Trinajstić information content (AvgIpc) is 2.31. The summed E-state index contributed by atoms with van der Waals surface area (Å²) in [6.07, 6.45) is 2.32. The van der Waals surface area contributed by atoms with Gasteiger partial charge in [0.25, 0.3) is 10.1 Å². The van der Waals surface area contributed by atoms with Gasteiger partial charge in [0.05, 0.1) is 11.2 Å².